The van der Waals surface area contributed by atoms with Crippen molar-refractivity contribution < 1.29 is 9.53 Å². The number of allylic oxidation sites excluding steroid dienone is 1. The van der Waals surface area contributed by atoms with Crippen molar-refractivity contribution in [1.82, 2.24) is 4.98 Å². The molecule has 0 saturated heterocycles. The van der Waals surface area contributed by atoms with Crippen molar-refractivity contribution in [3.05, 3.63) is 101 Å². The molecule has 3 nitrogen and oxygen atoms in total. The summed E-state index contributed by atoms with van der Waals surface area (Å²) in [7, 11) is 0. The van der Waals surface area contributed by atoms with E-state index in [0.717, 1.165) is 22.6 Å². The Hall–Kier alpha value is -3.20. The minimum atomic E-state index is -0.0282. The summed E-state index contributed by atoms with van der Waals surface area (Å²) in [4.78, 5) is 16.5. The van der Waals surface area contributed by atoms with E-state index in [9.17, 15) is 4.79 Å². The number of para-hydroxylation sites is 1. The molecule has 0 aliphatic rings. The van der Waals surface area contributed by atoms with Crippen LogP contribution in [0.1, 0.15) is 27.2 Å². The van der Waals surface area contributed by atoms with Crippen molar-refractivity contribution in [2.75, 3.05) is 0 Å². The van der Waals surface area contributed by atoms with Gasteiger partial charge in [0.25, 0.3) is 0 Å². The van der Waals surface area contributed by atoms with Crippen molar-refractivity contribution in [2.24, 2.45) is 0 Å². The fourth-order valence-corrected chi connectivity index (χ4v) is 2.36. The van der Waals surface area contributed by atoms with Crippen molar-refractivity contribution in [1.29, 1.82) is 0 Å². The molecule has 0 amide bonds. The first-order chi connectivity index (χ1) is 12.2. The first-order valence-electron chi connectivity index (χ1n) is 8.13. The van der Waals surface area contributed by atoms with Crippen molar-refractivity contribution in [2.45, 2.75) is 13.5 Å². The highest BCUT2D eigenvalue weighted by molar-refractivity contribution is 6.06. The maximum atomic E-state index is 12.3. The molecule has 1 heterocycles. The second kappa shape index (κ2) is 8.06. The molecule has 0 atom stereocenters. The Morgan fingerprint density at radius 1 is 1.00 bits per heavy atom. The fraction of sp³-hybridized carbons (Fsp3) is 0.0909. The molecule has 0 unspecified atom stereocenters. The summed E-state index contributed by atoms with van der Waals surface area (Å²) in [5.41, 5.74) is 3.53. The minimum Gasteiger partial charge on any atom is -0.487 e. The summed E-state index contributed by atoms with van der Waals surface area (Å²) >= 11 is 0. The van der Waals surface area contributed by atoms with Gasteiger partial charge in [0.1, 0.15) is 12.4 Å². The normalized spacial score (nSPS) is 10.8. The van der Waals surface area contributed by atoms with Gasteiger partial charge in [0.15, 0.2) is 5.78 Å². The molecule has 3 aromatic rings. The molecule has 2 aromatic carbocycles. The Bertz CT molecular complexity index is 868. The Labute approximate surface area is 147 Å². The lowest BCUT2D eigenvalue weighted by Crippen LogP contribution is -1.99. The van der Waals surface area contributed by atoms with Crippen LogP contribution in [0.3, 0.4) is 0 Å². The molecule has 0 spiro atoms. The molecule has 0 bridgehead atoms. The van der Waals surface area contributed by atoms with E-state index in [2.05, 4.69) is 4.98 Å². The number of rotatable bonds is 6. The zero-order chi connectivity index (χ0) is 17.5. The van der Waals surface area contributed by atoms with E-state index in [-0.39, 0.29) is 5.78 Å². The first kappa shape index (κ1) is 16.7. The Kier molecular flexibility index (Phi) is 5.37. The molecule has 0 aliphatic heterocycles. The zero-order valence-corrected chi connectivity index (χ0v) is 14.1. The number of ether oxygens (including phenoxy) is 1. The second-order valence-electron chi connectivity index (χ2n) is 5.71. The topological polar surface area (TPSA) is 39.2 Å². The summed E-state index contributed by atoms with van der Waals surface area (Å²) in [5, 5.41) is 0. The summed E-state index contributed by atoms with van der Waals surface area (Å²) in [6.07, 6.45) is 5.11. The van der Waals surface area contributed by atoms with Gasteiger partial charge in [-0.25, -0.2) is 0 Å². The minimum absolute atomic E-state index is 0.0282. The molecular weight excluding hydrogens is 310 g/mol. The number of nitrogens with zero attached hydrogens (tertiary/aromatic N) is 1. The van der Waals surface area contributed by atoms with Gasteiger partial charge in [-0.3, -0.25) is 9.78 Å². The van der Waals surface area contributed by atoms with Gasteiger partial charge in [0.2, 0.25) is 0 Å². The number of hydrogen-bond donors (Lipinski definition) is 0. The van der Waals surface area contributed by atoms with Gasteiger partial charge in [0.05, 0.1) is 5.69 Å². The van der Waals surface area contributed by atoms with Crippen LogP contribution >= 0.6 is 0 Å². The van der Waals surface area contributed by atoms with Gasteiger partial charge in [0, 0.05) is 17.3 Å². The number of ketones is 1. The molecule has 0 N–H and O–H groups in total. The largest absolute Gasteiger partial charge is 0.487 e. The monoisotopic (exact) mass is 329 g/mol. The van der Waals surface area contributed by atoms with Crippen LogP contribution in [-0.2, 0) is 6.61 Å². The summed E-state index contributed by atoms with van der Waals surface area (Å²) < 4.78 is 5.85. The molecule has 3 rings (SSSR count). The Balaban J connectivity index is 1.72. The molecule has 1 aromatic heterocycles. The first-order valence-corrected chi connectivity index (χ1v) is 8.13. The number of aromatic nitrogens is 1. The number of pyridine rings is 1. The summed E-state index contributed by atoms with van der Waals surface area (Å²) in [6, 6.07) is 20.9. The van der Waals surface area contributed by atoms with E-state index >= 15 is 0 Å². The van der Waals surface area contributed by atoms with Crippen LogP contribution in [0.15, 0.2) is 79.0 Å². The summed E-state index contributed by atoms with van der Waals surface area (Å²) in [5.74, 6) is 0.695. The fourth-order valence-electron chi connectivity index (χ4n) is 2.36. The van der Waals surface area contributed by atoms with Gasteiger partial charge >= 0.3 is 0 Å². The van der Waals surface area contributed by atoms with Crippen molar-refractivity contribution in [3.63, 3.8) is 0 Å². The summed E-state index contributed by atoms with van der Waals surface area (Å²) in [6.45, 7) is 2.39. The Morgan fingerprint density at radius 2 is 1.76 bits per heavy atom. The maximum absolute atomic E-state index is 12.3. The van der Waals surface area contributed by atoms with E-state index < -0.39 is 0 Å². The van der Waals surface area contributed by atoms with Gasteiger partial charge < -0.3 is 4.74 Å². The molecule has 3 heteroatoms. The van der Waals surface area contributed by atoms with Crippen LogP contribution in [0.2, 0.25) is 0 Å². The lowest BCUT2D eigenvalue weighted by Gasteiger charge is -2.08. The highest BCUT2D eigenvalue weighted by atomic mass is 16.5. The molecule has 25 heavy (non-hydrogen) atoms. The molecule has 0 aliphatic carbocycles. The van der Waals surface area contributed by atoms with Gasteiger partial charge in [-0.05, 0) is 37.3 Å². The lowest BCUT2D eigenvalue weighted by atomic mass is 10.1. The third-order valence-corrected chi connectivity index (χ3v) is 3.77. The smallest absolute Gasteiger partial charge is 0.185 e. The van der Waals surface area contributed by atoms with E-state index in [1.807, 2.05) is 73.7 Å². The van der Waals surface area contributed by atoms with Gasteiger partial charge in [-0.2, -0.15) is 0 Å². The average Bonchev–Trinajstić information content (AvgIpc) is 2.66. The number of hydrogen-bond acceptors (Lipinski definition) is 3. The highest BCUT2D eigenvalue weighted by Gasteiger charge is 2.04. The van der Waals surface area contributed by atoms with E-state index in [1.165, 1.54) is 0 Å². The maximum Gasteiger partial charge on any atom is 0.185 e. The van der Waals surface area contributed by atoms with Crippen LogP contribution in [0.4, 0.5) is 0 Å². The third kappa shape index (κ3) is 4.64. The number of carbonyl (C=O) groups excluding carboxylic acids is 1. The molecule has 124 valence electrons. The lowest BCUT2D eigenvalue weighted by molar-refractivity contribution is 0.104. The number of carbonyl (C=O) groups is 1. The van der Waals surface area contributed by atoms with Gasteiger partial charge in [-0.1, -0.05) is 54.1 Å². The zero-order valence-electron chi connectivity index (χ0n) is 14.1. The quantitative estimate of drug-likeness (QED) is 0.478. The standard InChI is InChI=1S/C22H19NO2/c1-17-9-11-18(12-10-17)21(24)14-13-19-6-2-3-8-22(19)25-16-20-7-4-5-15-23-20/h2-15H,16H2,1H3/b14-13+. The highest BCUT2D eigenvalue weighted by Crippen LogP contribution is 2.21. The third-order valence-electron chi connectivity index (χ3n) is 3.77. The van der Waals surface area contributed by atoms with Crippen molar-refractivity contribution in [3.8, 4) is 5.75 Å². The van der Waals surface area contributed by atoms with Crippen molar-refractivity contribution >= 4 is 11.9 Å². The second-order valence-corrected chi connectivity index (χ2v) is 5.71. The van der Waals surface area contributed by atoms with Gasteiger partial charge in [-0.15, -0.1) is 0 Å². The molecule has 0 fully saturated rings. The number of benzene rings is 2. The van der Waals surface area contributed by atoms with E-state index in [4.69, 9.17) is 4.74 Å². The Morgan fingerprint density at radius 3 is 2.52 bits per heavy atom. The number of aryl methyl sites for hydroxylation is 1. The van der Waals surface area contributed by atoms with E-state index in [1.54, 1.807) is 18.3 Å². The van der Waals surface area contributed by atoms with Crippen LogP contribution in [-0.4, -0.2) is 10.8 Å². The van der Waals surface area contributed by atoms with Crippen LogP contribution in [0.5, 0.6) is 5.75 Å². The molecule has 0 radical (unpaired) electrons. The van der Waals surface area contributed by atoms with E-state index in [0.29, 0.717) is 12.2 Å². The van der Waals surface area contributed by atoms with Crippen LogP contribution in [0.25, 0.3) is 6.08 Å². The average molecular weight is 329 g/mol. The predicted molar refractivity (Wildman–Crippen MR) is 99.6 cm³/mol. The molecular formula is C22H19NO2. The SMILES string of the molecule is Cc1ccc(C(=O)/C=C/c2ccccc2OCc2ccccn2)cc1. The molecule has 0 saturated carbocycles. The van der Waals surface area contributed by atoms with Crippen LogP contribution in [0, 0.1) is 6.92 Å². The van der Waals surface area contributed by atoms with Crippen LogP contribution < -0.4 is 4.74 Å². The predicted octanol–water partition coefficient (Wildman–Crippen LogP) is 4.87.